The lowest BCUT2D eigenvalue weighted by atomic mass is 9.87. The third-order valence-electron chi connectivity index (χ3n) is 6.61. The molecule has 1 spiro atoms. The van der Waals surface area contributed by atoms with E-state index in [2.05, 4.69) is 50.4 Å². The molecule has 0 aromatic heterocycles. The molecular weight excluding hydrogens is 336 g/mol. The van der Waals surface area contributed by atoms with Crippen molar-refractivity contribution in [3.63, 3.8) is 0 Å². The van der Waals surface area contributed by atoms with Crippen molar-refractivity contribution < 1.29 is 4.74 Å². The molecule has 0 bridgehead atoms. The molecule has 3 fully saturated rings. The first-order valence-corrected chi connectivity index (χ1v) is 10.6. The van der Waals surface area contributed by atoms with E-state index in [4.69, 9.17) is 4.74 Å². The van der Waals surface area contributed by atoms with Crippen molar-refractivity contribution in [3.05, 3.63) is 35.9 Å². The number of guanidine groups is 1. The molecule has 3 aliphatic heterocycles. The Labute approximate surface area is 163 Å². The molecule has 2 atom stereocenters. The summed E-state index contributed by atoms with van der Waals surface area (Å²) in [6.07, 6.45) is 6.35. The summed E-state index contributed by atoms with van der Waals surface area (Å²) in [5.74, 6) is 1.07. The lowest BCUT2D eigenvalue weighted by Gasteiger charge is -2.36. The monoisotopic (exact) mass is 370 g/mol. The molecule has 1 aromatic carbocycles. The summed E-state index contributed by atoms with van der Waals surface area (Å²) in [7, 11) is 1.92. The average Bonchev–Trinajstić information content (AvgIpc) is 3.34. The largest absolute Gasteiger partial charge is 0.381 e. The van der Waals surface area contributed by atoms with Gasteiger partial charge in [0, 0.05) is 51.3 Å². The van der Waals surface area contributed by atoms with E-state index in [1.54, 1.807) is 0 Å². The van der Waals surface area contributed by atoms with E-state index in [0.29, 0.717) is 11.5 Å². The van der Waals surface area contributed by atoms with Gasteiger partial charge in [-0.2, -0.15) is 0 Å². The number of piperidine rings is 1. The molecule has 3 saturated heterocycles. The highest BCUT2D eigenvalue weighted by molar-refractivity contribution is 5.80. The highest BCUT2D eigenvalue weighted by atomic mass is 16.5. The van der Waals surface area contributed by atoms with Crippen LogP contribution in [0.15, 0.2) is 35.3 Å². The fraction of sp³-hybridized carbons (Fsp3) is 0.682. The van der Waals surface area contributed by atoms with Gasteiger partial charge in [0.1, 0.15) is 0 Å². The van der Waals surface area contributed by atoms with Crippen LogP contribution in [0, 0.1) is 5.41 Å². The van der Waals surface area contributed by atoms with E-state index < -0.39 is 0 Å². The number of rotatable bonds is 4. The second-order valence-electron chi connectivity index (χ2n) is 8.51. The van der Waals surface area contributed by atoms with Gasteiger partial charge in [-0.25, -0.2) is 0 Å². The minimum atomic E-state index is 0.377. The van der Waals surface area contributed by atoms with Crippen LogP contribution in [-0.4, -0.2) is 68.2 Å². The maximum Gasteiger partial charge on any atom is 0.193 e. The van der Waals surface area contributed by atoms with Gasteiger partial charge in [0.15, 0.2) is 5.96 Å². The third-order valence-corrected chi connectivity index (χ3v) is 6.61. The number of hydrogen-bond acceptors (Lipinski definition) is 3. The van der Waals surface area contributed by atoms with E-state index in [0.717, 1.165) is 45.4 Å². The number of nitrogens with zero attached hydrogens (tertiary/aromatic N) is 3. The second-order valence-corrected chi connectivity index (χ2v) is 8.51. The summed E-state index contributed by atoms with van der Waals surface area (Å²) in [6, 6.07) is 11.5. The molecule has 4 rings (SSSR count). The Morgan fingerprint density at radius 3 is 2.89 bits per heavy atom. The van der Waals surface area contributed by atoms with Crippen molar-refractivity contribution in [2.75, 3.05) is 46.4 Å². The zero-order chi connectivity index (χ0) is 18.5. The minimum Gasteiger partial charge on any atom is -0.381 e. The van der Waals surface area contributed by atoms with Crippen molar-refractivity contribution in [1.29, 1.82) is 0 Å². The van der Waals surface area contributed by atoms with Gasteiger partial charge in [0.05, 0.1) is 6.61 Å². The molecule has 0 aliphatic carbocycles. The van der Waals surface area contributed by atoms with E-state index >= 15 is 0 Å². The van der Waals surface area contributed by atoms with Crippen molar-refractivity contribution in [2.24, 2.45) is 10.4 Å². The van der Waals surface area contributed by atoms with Crippen LogP contribution >= 0.6 is 0 Å². The first kappa shape index (κ1) is 18.8. The molecular formula is C22H34N4O. The first-order valence-electron chi connectivity index (χ1n) is 10.6. The second kappa shape index (κ2) is 8.61. The molecule has 3 aliphatic rings. The topological polar surface area (TPSA) is 40.1 Å². The van der Waals surface area contributed by atoms with Crippen molar-refractivity contribution in [1.82, 2.24) is 15.1 Å². The molecule has 27 heavy (non-hydrogen) atoms. The lowest BCUT2D eigenvalue weighted by Crippen LogP contribution is -2.49. The fourth-order valence-electron chi connectivity index (χ4n) is 4.95. The summed E-state index contributed by atoms with van der Waals surface area (Å²) in [4.78, 5) is 9.68. The van der Waals surface area contributed by atoms with Crippen LogP contribution in [-0.2, 0) is 11.3 Å². The van der Waals surface area contributed by atoms with Crippen LogP contribution in [0.2, 0.25) is 0 Å². The van der Waals surface area contributed by atoms with Crippen LogP contribution in [0.5, 0.6) is 0 Å². The number of ether oxygens (including phenoxy) is 1. The van der Waals surface area contributed by atoms with Gasteiger partial charge in [-0.05, 0) is 37.8 Å². The standard InChI is InChI=1S/C22H34N4O/c1-23-21(26-13-10-22(17-26)11-14-27-18-22)24-15-20-9-5-6-12-25(20)16-19-7-3-2-4-8-19/h2-4,7-8,20H,5-6,9-18H2,1H3,(H,23,24). The van der Waals surface area contributed by atoms with Crippen LogP contribution < -0.4 is 5.32 Å². The van der Waals surface area contributed by atoms with Crippen molar-refractivity contribution in [2.45, 2.75) is 44.7 Å². The number of likely N-dealkylation sites (tertiary alicyclic amines) is 2. The highest BCUT2D eigenvalue weighted by Crippen LogP contribution is 2.38. The van der Waals surface area contributed by atoms with Crippen molar-refractivity contribution >= 4 is 5.96 Å². The van der Waals surface area contributed by atoms with Crippen LogP contribution in [0.1, 0.15) is 37.7 Å². The van der Waals surface area contributed by atoms with E-state index in [-0.39, 0.29) is 0 Å². The van der Waals surface area contributed by atoms with Gasteiger partial charge in [-0.15, -0.1) is 0 Å². The van der Waals surface area contributed by atoms with Gasteiger partial charge in [0.2, 0.25) is 0 Å². The molecule has 1 N–H and O–H groups in total. The Morgan fingerprint density at radius 1 is 1.22 bits per heavy atom. The van der Waals surface area contributed by atoms with Gasteiger partial charge in [-0.1, -0.05) is 36.8 Å². The zero-order valence-corrected chi connectivity index (χ0v) is 16.7. The summed E-state index contributed by atoms with van der Waals surface area (Å²) in [5, 5.41) is 3.70. The number of benzene rings is 1. The Hall–Kier alpha value is -1.59. The molecule has 0 amide bonds. The molecule has 0 radical (unpaired) electrons. The lowest BCUT2D eigenvalue weighted by molar-refractivity contribution is 0.140. The number of nitrogens with one attached hydrogen (secondary N) is 1. The molecule has 1 aromatic rings. The SMILES string of the molecule is CN=C(NCC1CCCCN1Cc1ccccc1)N1CCC2(CCOC2)C1. The van der Waals surface area contributed by atoms with E-state index in [1.807, 2.05) is 7.05 Å². The van der Waals surface area contributed by atoms with E-state index in [9.17, 15) is 0 Å². The van der Waals surface area contributed by atoms with Crippen molar-refractivity contribution in [3.8, 4) is 0 Å². The summed E-state index contributed by atoms with van der Waals surface area (Å²) in [6.45, 7) is 7.27. The summed E-state index contributed by atoms with van der Waals surface area (Å²) < 4.78 is 5.68. The Bertz CT molecular complexity index is 626. The van der Waals surface area contributed by atoms with Crippen LogP contribution in [0.4, 0.5) is 0 Å². The number of aliphatic imine (C=N–C) groups is 1. The molecule has 5 nitrogen and oxygen atoms in total. The van der Waals surface area contributed by atoms with E-state index in [1.165, 1.54) is 44.2 Å². The fourth-order valence-corrected chi connectivity index (χ4v) is 4.95. The maximum absolute atomic E-state index is 5.68. The van der Waals surface area contributed by atoms with Gasteiger partial charge in [0.25, 0.3) is 0 Å². The average molecular weight is 371 g/mol. The molecule has 5 heteroatoms. The molecule has 148 valence electrons. The zero-order valence-electron chi connectivity index (χ0n) is 16.7. The third kappa shape index (κ3) is 4.46. The molecule has 2 unspecified atom stereocenters. The Balaban J connectivity index is 1.33. The van der Waals surface area contributed by atoms with Crippen LogP contribution in [0.25, 0.3) is 0 Å². The maximum atomic E-state index is 5.68. The molecule has 3 heterocycles. The Kier molecular flexibility index (Phi) is 5.98. The highest BCUT2D eigenvalue weighted by Gasteiger charge is 2.42. The summed E-state index contributed by atoms with van der Waals surface area (Å²) >= 11 is 0. The smallest absolute Gasteiger partial charge is 0.193 e. The van der Waals surface area contributed by atoms with Gasteiger partial charge < -0.3 is 15.0 Å². The van der Waals surface area contributed by atoms with Gasteiger partial charge >= 0.3 is 0 Å². The first-order chi connectivity index (χ1) is 13.3. The predicted octanol–water partition coefficient (Wildman–Crippen LogP) is 2.73. The van der Waals surface area contributed by atoms with Crippen LogP contribution in [0.3, 0.4) is 0 Å². The minimum absolute atomic E-state index is 0.377. The number of hydrogen-bond donors (Lipinski definition) is 1. The molecule has 0 saturated carbocycles. The van der Waals surface area contributed by atoms with Gasteiger partial charge in [-0.3, -0.25) is 9.89 Å². The quantitative estimate of drug-likeness (QED) is 0.654. The normalized spacial score (nSPS) is 29.6. The predicted molar refractivity (Wildman–Crippen MR) is 110 cm³/mol. The summed E-state index contributed by atoms with van der Waals surface area (Å²) in [5.41, 5.74) is 1.79. The Morgan fingerprint density at radius 2 is 2.11 bits per heavy atom.